The molecule has 26 heavy (non-hydrogen) atoms. The molecule has 2 heterocycles. The molecule has 1 atom stereocenters. The third-order valence-electron chi connectivity index (χ3n) is 4.52. The first-order chi connectivity index (χ1) is 12.3. The van der Waals surface area contributed by atoms with Crippen LogP contribution in [0.4, 0.5) is 5.82 Å². The van der Waals surface area contributed by atoms with Gasteiger partial charge in [-0.2, -0.15) is 0 Å². The molecule has 3 rings (SSSR count). The molecule has 1 aromatic carbocycles. The van der Waals surface area contributed by atoms with Gasteiger partial charge in [0.2, 0.25) is 0 Å². The first-order valence-electron chi connectivity index (χ1n) is 8.43. The first kappa shape index (κ1) is 18.3. The maximum atomic E-state index is 12.2. The zero-order valence-electron chi connectivity index (χ0n) is 14.8. The van der Waals surface area contributed by atoms with Gasteiger partial charge in [-0.1, -0.05) is 29.8 Å². The molecule has 1 aromatic heterocycles. The van der Waals surface area contributed by atoms with Gasteiger partial charge in [-0.3, -0.25) is 4.79 Å². The van der Waals surface area contributed by atoms with Gasteiger partial charge in [0.25, 0.3) is 5.91 Å². The third-order valence-corrected chi connectivity index (χ3v) is 6.27. The molecule has 8 heteroatoms. The second-order valence-corrected chi connectivity index (χ2v) is 8.83. The van der Waals surface area contributed by atoms with Gasteiger partial charge in [0.15, 0.2) is 9.84 Å². The molecule has 1 unspecified atom stereocenters. The average molecular weight is 374 g/mol. The second kappa shape index (κ2) is 7.41. The van der Waals surface area contributed by atoms with E-state index in [9.17, 15) is 13.2 Å². The molecule has 1 fully saturated rings. The standard InChI is InChI=1S/C18H22N4O3S/c1-13-4-3-5-14(8-13)9-21-18(23)16-10-20-17(11-19-16)22(2)15-6-7-26(24,25)12-15/h3-5,8,10-11,15H,6-7,9,12H2,1-2H3,(H,21,23). The van der Waals surface area contributed by atoms with E-state index in [-0.39, 0.29) is 29.1 Å². The topological polar surface area (TPSA) is 92.3 Å². The van der Waals surface area contributed by atoms with Gasteiger partial charge < -0.3 is 10.2 Å². The molecule has 138 valence electrons. The lowest BCUT2D eigenvalue weighted by Crippen LogP contribution is -2.33. The highest BCUT2D eigenvalue weighted by Gasteiger charge is 2.31. The number of hydrogen-bond donors (Lipinski definition) is 1. The normalized spacial score (nSPS) is 18.5. The van der Waals surface area contributed by atoms with Crippen LogP contribution < -0.4 is 10.2 Å². The minimum Gasteiger partial charge on any atom is -0.354 e. The Morgan fingerprint density at radius 3 is 2.73 bits per heavy atom. The van der Waals surface area contributed by atoms with Gasteiger partial charge >= 0.3 is 0 Å². The summed E-state index contributed by atoms with van der Waals surface area (Å²) in [5.74, 6) is 0.595. The SMILES string of the molecule is Cc1cccc(CNC(=O)c2cnc(N(C)C3CCS(=O)(=O)C3)cn2)c1. The zero-order valence-corrected chi connectivity index (χ0v) is 15.7. The number of anilines is 1. The highest BCUT2D eigenvalue weighted by Crippen LogP contribution is 2.20. The van der Waals surface area contributed by atoms with Crippen molar-refractivity contribution in [2.45, 2.75) is 25.9 Å². The fourth-order valence-corrected chi connectivity index (χ4v) is 4.76. The molecule has 1 saturated heterocycles. The predicted octanol–water partition coefficient (Wildman–Crippen LogP) is 1.34. The number of sulfone groups is 1. The lowest BCUT2D eigenvalue weighted by molar-refractivity contribution is 0.0945. The molecule has 0 aliphatic carbocycles. The number of aromatic nitrogens is 2. The van der Waals surface area contributed by atoms with Gasteiger partial charge in [0, 0.05) is 19.6 Å². The van der Waals surface area contributed by atoms with Crippen molar-refractivity contribution in [2.75, 3.05) is 23.5 Å². The van der Waals surface area contributed by atoms with Crippen molar-refractivity contribution >= 4 is 21.6 Å². The number of benzene rings is 1. The quantitative estimate of drug-likeness (QED) is 0.849. The van der Waals surface area contributed by atoms with Gasteiger partial charge in [-0.05, 0) is 18.9 Å². The van der Waals surface area contributed by atoms with Crippen LogP contribution in [-0.2, 0) is 16.4 Å². The number of carbonyl (C=O) groups excluding carboxylic acids is 1. The van der Waals surface area contributed by atoms with Crippen molar-refractivity contribution < 1.29 is 13.2 Å². The van der Waals surface area contributed by atoms with Crippen molar-refractivity contribution in [2.24, 2.45) is 0 Å². The molecule has 7 nitrogen and oxygen atoms in total. The van der Waals surface area contributed by atoms with Gasteiger partial charge in [-0.15, -0.1) is 0 Å². The van der Waals surface area contributed by atoms with Crippen LogP contribution in [0.3, 0.4) is 0 Å². The van der Waals surface area contributed by atoms with E-state index < -0.39 is 9.84 Å². The molecule has 1 aliphatic rings. The molecular formula is C18H22N4O3S. The van der Waals surface area contributed by atoms with Gasteiger partial charge in [-0.25, -0.2) is 18.4 Å². The number of aryl methyl sites for hydroxylation is 1. The van der Waals surface area contributed by atoms with Crippen molar-refractivity contribution in [3.05, 3.63) is 53.5 Å². The zero-order chi connectivity index (χ0) is 18.7. The van der Waals surface area contributed by atoms with Crippen molar-refractivity contribution in [3.8, 4) is 0 Å². The summed E-state index contributed by atoms with van der Waals surface area (Å²) in [6.07, 6.45) is 3.51. The first-order valence-corrected chi connectivity index (χ1v) is 10.3. The molecule has 0 saturated carbocycles. The minimum atomic E-state index is -2.96. The van der Waals surface area contributed by atoms with E-state index in [1.807, 2.05) is 36.1 Å². The fraction of sp³-hybridized carbons (Fsp3) is 0.389. The number of nitrogens with zero attached hydrogens (tertiary/aromatic N) is 3. The van der Waals surface area contributed by atoms with Crippen LogP contribution in [0.25, 0.3) is 0 Å². The predicted molar refractivity (Wildman–Crippen MR) is 99.8 cm³/mol. The third kappa shape index (κ3) is 4.37. The Bertz CT molecular complexity index is 897. The van der Waals surface area contributed by atoms with E-state index in [1.54, 1.807) is 7.05 Å². The van der Waals surface area contributed by atoms with Gasteiger partial charge in [0.1, 0.15) is 11.5 Å². The van der Waals surface area contributed by atoms with Crippen LogP contribution in [-0.4, -0.2) is 48.9 Å². The van der Waals surface area contributed by atoms with Crippen LogP contribution in [0.5, 0.6) is 0 Å². The maximum absolute atomic E-state index is 12.2. The molecule has 1 aliphatic heterocycles. The summed E-state index contributed by atoms with van der Waals surface area (Å²) in [6, 6.07) is 7.81. The Morgan fingerprint density at radius 2 is 2.12 bits per heavy atom. The maximum Gasteiger partial charge on any atom is 0.271 e. The van der Waals surface area contributed by atoms with E-state index in [4.69, 9.17) is 0 Å². The summed E-state index contributed by atoms with van der Waals surface area (Å²) in [7, 11) is -1.16. The number of hydrogen-bond acceptors (Lipinski definition) is 6. The summed E-state index contributed by atoms with van der Waals surface area (Å²) in [6.45, 7) is 2.42. The molecule has 1 N–H and O–H groups in total. The monoisotopic (exact) mass is 374 g/mol. The van der Waals surface area contributed by atoms with Crippen LogP contribution in [0, 0.1) is 6.92 Å². The molecular weight excluding hydrogens is 352 g/mol. The summed E-state index contributed by atoms with van der Waals surface area (Å²) < 4.78 is 23.2. The van der Waals surface area contributed by atoms with Crippen molar-refractivity contribution in [1.82, 2.24) is 15.3 Å². The molecule has 2 aromatic rings. The van der Waals surface area contributed by atoms with Crippen LogP contribution in [0.2, 0.25) is 0 Å². The van der Waals surface area contributed by atoms with Crippen LogP contribution >= 0.6 is 0 Å². The van der Waals surface area contributed by atoms with E-state index in [1.165, 1.54) is 12.4 Å². The van der Waals surface area contributed by atoms with E-state index in [0.29, 0.717) is 18.8 Å². The minimum absolute atomic E-state index is 0.102. The Balaban J connectivity index is 1.61. The Kier molecular flexibility index (Phi) is 5.22. The molecule has 0 spiro atoms. The largest absolute Gasteiger partial charge is 0.354 e. The molecule has 0 radical (unpaired) electrons. The summed E-state index contributed by atoms with van der Waals surface area (Å²) in [5, 5.41) is 2.82. The summed E-state index contributed by atoms with van der Waals surface area (Å²) in [4.78, 5) is 22.5. The number of carbonyl (C=O) groups is 1. The smallest absolute Gasteiger partial charge is 0.271 e. The second-order valence-electron chi connectivity index (χ2n) is 6.60. The van der Waals surface area contributed by atoms with Crippen molar-refractivity contribution in [3.63, 3.8) is 0 Å². The molecule has 0 bridgehead atoms. The van der Waals surface area contributed by atoms with Gasteiger partial charge in [0.05, 0.1) is 23.9 Å². The molecule has 1 amide bonds. The summed E-state index contributed by atoms with van der Waals surface area (Å²) in [5.41, 5.74) is 2.39. The lowest BCUT2D eigenvalue weighted by Gasteiger charge is -2.23. The highest BCUT2D eigenvalue weighted by atomic mass is 32.2. The Morgan fingerprint density at radius 1 is 1.31 bits per heavy atom. The van der Waals surface area contributed by atoms with Crippen LogP contribution in [0.1, 0.15) is 28.0 Å². The Labute approximate surface area is 153 Å². The Hall–Kier alpha value is -2.48. The average Bonchev–Trinajstić information content (AvgIpc) is 2.99. The highest BCUT2D eigenvalue weighted by molar-refractivity contribution is 7.91. The number of rotatable bonds is 5. The van der Waals surface area contributed by atoms with E-state index >= 15 is 0 Å². The van der Waals surface area contributed by atoms with Crippen molar-refractivity contribution in [1.29, 1.82) is 0 Å². The van der Waals surface area contributed by atoms with E-state index in [2.05, 4.69) is 15.3 Å². The fourth-order valence-electron chi connectivity index (χ4n) is 2.98. The summed E-state index contributed by atoms with van der Waals surface area (Å²) >= 11 is 0. The number of nitrogens with one attached hydrogen (secondary N) is 1. The lowest BCUT2D eigenvalue weighted by atomic mass is 10.1. The number of amides is 1. The van der Waals surface area contributed by atoms with Crippen LogP contribution in [0.15, 0.2) is 36.7 Å². The van der Waals surface area contributed by atoms with E-state index in [0.717, 1.165) is 11.1 Å².